The second-order valence-corrected chi connectivity index (χ2v) is 7.89. The molecule has 134 valence electrons. The van der Waals surface area contributed by atoms with E-state index in [-0.39, 0.29) is 0 Å². The van der Waals surface area contributed by atoms with Crippen molar-refractivity contribution >= 4 is 15.9 Å². The van der Waals surface area contributed by atoms with Crippen molar-refractivity contribution in [2.24, 2.45) is 0 Å². The standard InChI is InChI=1S/C18H28BrN3O2/c1-13-16(19)10-17(23-11-14-6-4-8-21(14)2)18(20-13)24-12-15-7-5-9-22(15)3/h10,14-15H,4-9,11-12H2,1-3H3/t14-,15-/m0/s1. The van der Waals surface area contributed by atoms with Gasteiger partial charge < -0.3 is 19.3 Å². The van der Waals surface area contributed by atoms with Gasteiger partial charge in [0, 0.05) is 22.6 Å². The predicted octanol–water partition coefficient (Wildman–Crippen LogP) is 3.10. The molecule has 0 amide bonds. The van der Waals surface area contributed by atoms with Gasteiger partial charge in [-0.05, 0) is 75.7 Å². The molecule has 0 saturated carbocycles. The molecule has 0 spiro atoms. The number of likely N-dealkylation sites (N-methyl/N-ethyl adjacent to an activating group) is 2. The molecule has 6 heteroatoms. The molecule has 0 N–H and O–H groups in total. The van der Waals surface area contributed by atoms with Crippen LogP contribution in [0.2, 0.25) is 0 Å². The lowest BCUT2D eigenvalue weighted by molar-refractivity contribution is 0.169. The van der Waals surface area contributed by atoms with E-state index in [1.807, 2.05) is 13.0 Å². The van der Waals surface area contributed by atoms with Crippen molar-refractivity contribution < 1.29 is 9.47 Å². The lowest BCUT2D eigenvalue weighted by Gasteiger charge is -2.22. The fourth-order valence-corrected chi connectivity index (χ4v) is 3.79. The average Bonchev–Trinajstić information content (AvgIpc) is 3.15. The molecule has 0 radical (unpaired) electrons. The molecule has 0 bridgehead atoms. The van der Waals surface area contributed by atoms with Crippen molar-refractivity contribution in [3.05, 3.63) is 16.2 Å². The maximum Gasteiger partial charge on any atom is 0.257 e. The van der Waals surface area contributed by atoms with Crippen LogP contribution in [0, 0.1) is 6.92 Å². The van der Waals surface area contributed by atoms with Crippen molar-refractivity contribution in [1.29, 1.82) is 0 Å². The van der Waals surface area contributed by atoms with Crippen LogP contribution in [-0.4, -0.2) is 67.3 Å². The Balaban J connectivity index is 1.66. The zero-order chi connectivity index (χ0) is 17.1. The molecule has 1 aromatic rings. The lowest BCUT2D eigenvalue weighted by atomic mass is 10.2. The van der Waals surface area contributed by atoms with Crippen LogP contribution in [0.25, 0.3) is 0 Å². The molecule has 2 aliphatic heterocycles. The van der Waals surface area contributed by atoms with Gasteiger partial charge in [0.2, 0.25) is 0 Å². The SMILES string of the molecule is Cc1nc(OC[C@@H]2CCCN2C)c(OC[C@@H]2CCCN2C)cc1Br. The predicted molar refractivity (Wildman–Crippen MR) is 99.0 cm³/mol. The fourth-order valence-electron chi connectivity index (χ4n) is 3.49. The largest absolute Gasteiger partial charge is 0.486 e. The quantitative estimate of drug-likeness (QED) is 0.736. The van der Waals surface area contributed by atoms with Gasteiger partial charge in [0.15, 0.2) is 5.75 Å². The topological polar surface area (TPSA) is 37.8 Å². The van der Waals surface area contributed by atoms with Gasteiger partial charge in [-0.3, -0.25) is 0 Å². The summed E-state index contributed by atoms with van der Waals surface area (Å²) in [5.74, 6) is 1.37. The van der Waals surface area contributed by atoms with E-state index in [4.69, 9.17) is 9.47 Å². The van der Waals surface area contributed by atoms with Gasteiger partial charge in [0.25, 0.3) is 5.88 Å². The third-order valence-corrected chi connectivity index (χ3v) is 6.07. The van der Waals surface area contributed by atoms with E-state index >= 15 is 0 Å². The Morgan fingerprint density at radius 1 is 1.08 bits per heavy atom. The molecular weight excluding hydrogens is 370 g/mol. The Bertz CT molecular complexity index is 520. The normalized spacial score (nSPS) is 25.3. The number of pyridine rings is 1. The minimum absolute atomic E-state index is 0.476. The zero-order valence-corrected chi connectivity index (χ0v) is 16.5. The molecular formula is C18H28BrN3O2. The maximum atomic E-state index is 6.10. The summed E-state index contributed by atoms with van der Waals surface area (Å²) in [6.07, 6.45) is 4.88. The summed E-state index contributed by atoms with van der Waals surface area (Å²) in [5, 5.41) is 0. The Morgan fingerprint density at radius 3 is 2.21 bits per heavy atom. The van der Waals surface area contributed by atoms with Crippen molar-refractivity contribution in [2.45, 2.75) is 44.7 Å². The Kier molecular flexibility index (Phi) is 6.00. The van der Waals surface area contributed by atoms with E-state index in [1.165, 1.54) is 25.7 Å². The van der Waals surface area contributed by atoms with E-state index < -0.39 is 0 Å². The molecule has 1 aromatic heterocycles. The van der Waals surface area contributed by atoms with Gasteiger partial charge in [-0.2, -0.15) is 0 Å². The summed E-state index contributed by atoms with van der Waals surface area (Å²) >= 11 is 3.56. The third kappa shape index (κ3) is 4.21. The van der Waals surface area contributed by atoms with Crippen molar-refractivity contribution in [2.75, 3.05) is 40.4 Å². The van der Waals surface area contributed by atoms with Crippen LogP contribution in [0.15, 0.2) is 10.5 Å². The van der Waals surface area contributed by atoms with Crippen LogP contribution in [-0.2, 0) is 0 Å². The van der Waals surface area contributed by atoms with Gasteiger partial charge in [-0.25, -0.2) is 4.98 Å². The maximum absolute atomic E-state index is 6.10. The zero-order valence-electron chi connectivity index (χ0n) is 14.9. The number of nitrogens with zero attached hydrogens (tertiary/aromatic N) is 3. The van der Waals surface area contributed by atoms with Crippen LogP contribution in [0.4, 0.5) is 0 Å². The highest BCUT2D eigenvalue weighted by Crippen LogP contribution is 2.31. The summed E-state index contributed by atoms with van der Waals surface area (Å²) in [4.78, 5) is 9.32. The summed E-state index contributed by atoms with van der Waals surface area (Å²) in [7, 11) is 4.33. The van der Waals surface area contributed by atoms with Crippen molar-refractivity contribution in [3.63, 3.8) is 0 Å². The molecule has 5 nitrogen and oxygen atoms in total. The molecule has 0 aromatic carbocycles. The Labute approximate surface area is 153 Å². The highest BCUT2D eigenvalue weighted by Gasteiger charge is 2.24. The van der Waals surface area contributed by atoms with Crippen LogP contribution >= 0.6 is 15.9 Å². The minimum Gasteiger partial charge on any atom is -0.486 e. The van der Waals surface area contributed by atoms with E-state index in [0.29, 0.717) is 31.2 Å². The number of hydrogen-bond donors (Lipinski definition) is 0. The lowest BCUT2D eigenvalue weighted by Crippen LogP contribution is -2.31. The molecule has 3 heterocycles. The minimum atomic E-state index is 0.476. The third-order valence-electron chi connectivity index (χ3n) is 5.27. The van der Waals surface area contributed by atoms with E-state index in [1.54, 1.807) is 0 Å². The molecule has 2 aliphatic rings. The number of halogens is 1. The summed E-state index contributed by atoms with van der Waals surface area (Å²) in [5.41, 5.74) is 0.926. The smallest absolute Gasteiger partial charge is 0.257 e. The first kappa shape index (κ1) is 18.0. The fraction of sp³-hybridized carbons (Fsp3) is 0.722. The van der Waals surface area contributed by atoms with Gasteiger partial charge in [0.1, 0.15) is 13.2 Å². The first-order chi connectivity index (χ1) is 11.5. The van der Waals surface area contributed by atoms with Gasteiger partial charge in [0.05, 0.1) is 5.69 Å². The van der Waals surface area contributed by atoms with Gasteiger partial charge in [-0.1, -0.05) is 0 Å². The molecule has 2 saturated heterocycles. The molecule has 24 heavy (non-hydrogen) atoms. The molecule has 0 unspecified atom stereocenters. The monoisotopic (exact) mass is 397 g/mol. The number of ether oxygens (including phenoxy) is 2. The van der Waals surface area contributed by atoms with E-state index in [0.717, 1.165) is 29.0 Å². The number of likely N-dealkylation sites (tertiary alicyclic amines) is 2. The Morgan fingerprint density at radius 2 is 1.67 bits per heavy atom. The molecule has 3 rings (SSSR count). The van der Waals surface area contributed by atoms with E-state index in [9.17, 15) is 0 Å². The second-order valence-electron chi connectivity index (χ2n) is 7.03. The second kappa shape index (κ2) is 8.02. The van der Waals surface area contributed by atoms with Crippen molar-refractivity contribution in [1.82, 2.24) is 14.8 Å². The average molecular weight is 398 g/mol. The highest BCUT2D eigenvalue weighted by atomic mass is 79.9. The van der Waals surface area contributed by atoms with Crippen LogP contribution in [0.5, 0.6) is 11.6 Å². The summed E-state index contributed by atoms with van der Waals surface area (Å²) < 4.78 is 13.1. The molecule has 2 fully saturated rings. The first-order valence-corrected chi connectivity index (χ1v) is 9.67. The number of aromatic nitrogens is 1. The number of rotatable bonds is 6. The molecule has 0 aliphatic carbocycles. The van der Waals surface area contributed by atoms with Gasteiger partial charge >= 0.3 is 0 Å². The summed E-state index contributed by atoms with van der Waals surface area (Å²) in [6, 6.07) is 2.95. The van der Waals surface area contributed by atoms with Gasteiger partial charge in [-0.15, -0.1) is 0 Å². The van der Waals surface area contributed by atoms with Crippen LogP contribution in [0.3, 0.4) is 0 Å². The molecule has 2 atom stereocenters. The number of aryl methyl sites for hydroxylation is 1. The highest BCUT2D eigenvalue weighted by molar-refractivity contribution is 9.10. The van der Waals surface area contributed by atoms with Crippen LogP contribution in [0.1, 0.15) is 31.4 Å². The number of hydrogen-bond acceptors (Lipinski definition) is 5. The van der Waals surface area contributed by atoms with E-state index in [2.05, 4.69) is 44.8 Å². The Hall–Kier alpha value is -0.850. The van der Waals surface area contributed by atoms with Crippen LogP contribution < -0.4 is 9.47 Å². The first-order valence-electron chi connectivity index (χ1n) is 8.88. The van der Waals surface area contributed by atoms with Crippen molar-refractivity contribution in [3.8, 4) is 11.6 Å². The summed E-state index contributed by atoms with van der Waals surface area (Å²) in [6.45, 7) is 5.64.